The van der Waals surface area contributed by atoms with E-state index in [1.807, 2.05) is 19.1 Å². The Morgan fingerprint density at radius 3 is 2.86 bits per heavy atom. The summed E-state index contributed by atoms with van der Waals surface area (Å²) < 4.78 is 0. The smallest absolute Gasteiger partial charge is 0.0898 e. The quantitative estimate of drug-likeness (QED) is 0.772. The van der Waals surface area contributed by atoms with Crippen LogP contribution >= 0.6 is 22.9 Å². The zero-order valence-corrected chi connectivity index (χ0v) is 14.4. The second-order valence-electron chi connectivity index (χ2n) is 5.14. The molecule has 3 nitrogen and oxygen atoms in total. The first kappa shape index (κ1) is 16.3. The van der Waals surface area contributed by atoms with Crippen molar-refractivity contribution in [2.75, 3.05) is 18.5 Å². The van der Waals surface area contributed by atoms with Gasteiger partial charge in [0.2, 0.25) is 0 Å². The lowest BCUT2D eigenvalue weighted by molar-refractivity contribution is 0.673. The van der Waals surface area contributed by atoms with Crippen molar-refractivity contribution in [2.24, 2.45) is 0 Å². The van der Waals surface area contributed by atoms with Crippen molar-refractivity contribution in [1.82, 2.24) is 10.3 Å². The van der Waals surface area contributed by atoms with Crippen molar-refractivity contribution >= 4 is 28.6 Å². The summed E-state index contributed by atoms with van der Waals surface area (Å²) in [6, 6.07) is 6.09. The number of para-hydroxylation sites is 1. The molecule has 5 heteroatoms. The van der Waals surface area contributed by atoms with E-state index in [2.05, 4.69) is 40.6 Å². The van der Waals surface area contributed by atoms with Gasteiger partial charge in [-0.3, -0.25) is 0 Å². The van der Waals surface area contributed by atoms with Gasteiger partial charge in [0.15, 0.2) is 0 Å². The predicted octanol–water partition coefficient (Wildman–Crippen LogP) is 4.24. The third-order valence-corrected chi connectivity index (χ3v) is 4.39. The molecule has 1 heterocycles. The summed E-state index contributed by atoms with van der Waals surface area (Å²) >= 11 is 8.10. The molecule has 2 aromatic rings. The molecular formula is C16H22ClN3S. The van der Waals surface area contributed by atoms with Gasteiger partial charge in [0.05, 0.1) is 28.0 Å². The topological polar surface area (TPSA) is 28.2 Å². The van der Waals surface area contributed by atoms with Crippen LogP contribution in [0.2, 0.25) is 5.02 Å². The highest BCUT2D eigenvalue weighted by molar-refractivity contribution is 7.09. The molecule has 21 heavy (non-hydrogen) atoms. The van der Waals surface area contributed by atoms with E-state index in [1.165, 1.54) is 5.56 Å². The summed E-state index contributed by atoms with van der Waals surface area (Å²) in [5, 5.41) is 7.44. The van der Waals surface area contributed by atoms with Crippen LogP contribution in [0.4, 0.5) is 5.69 Å². The molecule has 0 saturated heterocycles. The van der Waals surface area contributed by atoms with Crippen molar-refractivity contribution < 1.29 is 0 Å². The first-order valence-electron chi connectivity index (χ1n) is 7.22. The molecule has 0 aliphatic rings. The minimum absolute atomic E-state index is 0.773. The Balaban J connectivity index is 2.16. The lowest BCUT2D eigenvalue weighted by Gasteiger charge is -2.23. The molecule has 0 fully saturated rings. The maximum atomic E-state index is 6.42. The van der Waals surface area contributed by atoms with Gasteiger partial charge in [-0.1, -0.05) is 30.7 Å². The predicted molar refractivity (Wildman–Crippen MR) is 92.4 cm³/mol. The van der Waals surface area contributed by atoms with Crippen LogP contribution in [0.25, 0.3) is 0 Å². The summed E-state index contributed by atoms with van der Waals surface area (Å²) in [4.78, 5) is 6.71. The van der Waals surface area contributed by atoms with Crippen molar-refractivity contribution in [2.45, 2.75) is 33.4 Å². The van der Waals surface area contributed by atoms with Crippen LogP contribution in [0, 0.1) is 6.92 Å². The fourth-order valence-electron chi connectivity index (χ4n) is 2.33. The largest absolute Gasteiger partial charge is 0.367 e. The molecule has 0 radical (unpaired) electrons. The van der Waals surface area contributed by atoms with Gasteiger partial charge in [0, 0.05) is 19.0 Å². The van der Waals surface area contributed by atoms with Gasteiger partial charge < -0.3 is 10.2 Å². The minimum atomic E-state index is 0.773. The van der Waals surface area contributed by atoms with Crippen LogP contribution in [0.3, 0.4) is 0 Å². The average molecular weight is 324 g/mol. The standard InChI is InChI=1S/C16H22ClN3S/c1-4-8-18-9-13-6-5-7-15(17)16(13)20(3)10-14-11-21-12(2)19-14/h5-7,11,18H,4,8-10H2,1-3H3. The number of anilines is 1. The van der Waals surface area contributed by atoms with E-state index in [4.69, 9.17) is 11.6 Å². The third-order valence-electron chi connectivity index (χ3n) is 3.26. The van der Waals surface area contributed by atoms with Crippen LogP contribution < -0.4 is 10.2 Å². The molecule has 0 atom stereocenters. The molecule has 1 aromatic heterocycles. The lowest BCUT2D eigenvalue weighted by atomic mass is 10.1. The first-order valence-corrected chi connectivity index (χ1v) is 8.47. The molecule has 0 amide bonds. The number of nitrogens with zero attached hydrogens (tertiary/aromatic N) is 2. The van der Waals surface area contributed by atoms with Gasteiger partial charge in [-0.25, -0.2) is 4.98 Å². The molecule has 2 rings (SSSR count). The van der Waals surface area contributed by atoms with E-state index in [0.29, 0.717) is 0 Å². The molecule has 0 unspecified atom stereocenters. The number of halogens is 1. The van der Waals surface area contributed by atoms with Gasteiger partial charge in [-0.05, 0) is 31.5 Å². The molecular weight excluding hydrogens is 302 g/mol. The average Bonchev–Trinajstić information content (AvgIpc) is 2.84. The Bertz CT molecular complexity index is 583. The van der Waals surface area contributed by atoms with E-state index >= 15 is 0 Å². The van der Waals surface area contributed by atoms with E-state index < -0.39 is 0 Å². The van der Waals surface area contributed by atoms with Gasteiger partial charge in [-0.2, -0.15) is 0 Å². The summed E-state index contributed by atoms with van der Waals surface area (Å²) in [5.74, 6) is 0. The van der Waals surface area contributed by atoms with Crippen LogP contribution in [-0.4, -0.2) is 18.6 Å². The molecule has 1 N–H and O–H groups in total. The minimum Gasteiger partial charge on any atom is -0.367 e. The lowest BCUT2D eigenvalue weighted by Crippen LogP contribution is -2.21. The molecule has 0 bridgehead atoms. The first-order chi connectivity index (χ1) is 10.1. The number of thiazole rings is 1. The maximum Gasteiger partial charge on any atom is 0.0898 e. The van der Waals surface area contributed by atoms with E-state index in [0.717, 1.165) is 47.5 Å². The normalized spacial score (nSPS) is 10.9. The second kappa shape index (κ2) is 7.78. The van der Waals surface area contributed by atoms with E-state index in [1.54, 1.807) is 11.3 Å². The number of benzene rings is 1. The third kappa shape index (κ3) is 4.43. The molecule has 1 aromatic carbocycles. The number of aryl methyl sites for hydroxylation is 1. The van der Waals surface area contributed by atoms with Crippen molar-refractivity contribution in [3.05, 3.63) is 44.9 Å². The summed E-state index contributed by atoms with van der Waals surface area (Å²) in [6.45, 7) is 6.83. The fraction of sp³-hybridized carbons (Fsp3) is 0.438. The number of hydrogen-bond acceptors (Lipinski definition) is 4. The maximum absolute atomic E-state index is 6.42. The van der Waals surface area contributed by atoms with Crippen LogP contribution in [0.15, 0.2) is 23.6 Å². The van der Waals surface area contributed by atoms with Crippen molar-refractivity contribution in [3.63, 3.8) is 0 Å². The number of aromatic nitrogens is 1. The highest BCUT2D eigenvalue weighted by Crippen LogP contribution is 2.30. The van der Waals surface area contributed by atoms with E-state index in [9.17, 15) is 0 Å². The monoisotopic (exact) mass is 323 g/mol. The molecule has 114 valence electrons. The van der Waals surface area contributed by atoms with Gasteiger partial charge in [0.25, 0.3) is 0 Å². The molecule has 0 aliphatic heterocycles. The van der Waals surface area contributed by atoms with Crippen LogP contribution in [-0.2, 0) is 13.1 Å². The number of hydrogen-bond donors (Lipinski definition) is 1. The molecule has 0 aliphatic carbocycles. The molecule has 0 spiro atoms. The van der Waals surface area contributed by atoms with Gasteiger partial charge in [-0.15, -0.1) is 11.3 Å². The summed E-state index contributed by atoms with van der Waals surface area (Å²) in [7, 11) is 2.07. The summed E-state index contributed by atoms with van der Waals surface area (Å²) in [6.07, 6.45) is 1.13. The summed E-state index contributed by atoms with van der Waals surface area (Å²) in [5.41, 5.74) is 3.41. The Morgan fingerprint density at radius 1 is 1.38 bits per heavy atom. The Kier molecular flexibility index (Phi) is 6.03. The SMILES string of the molecule is CCCNCc1cccc(Cl)c1N(C)Cc1csc(C)n1. The fourth-order valence-corrected chi connectivity index (χ4v) is 3.28. The Labute approximate surface area is 136 Å². The highest BCUT2D eigenvalue weighted by atomic mass is 35.5. The van der Waals surface area contributed by atoms with Crippen molar-refractivity contribution in [1.29, 1.82) is 0 Å². The second-order valence-corrected chi connectivity index (χ2v) is 6.61. The molecule has 0 saturated carbocycles. The Hall–Kier alpha value is -1.10. The van der Waals surface area contributed by atoms with Gasteiger partial charge in [0.1, 0.15) is 0 Å². The zero-order valence-electron chi connectivity index (χ0n) is 12.8. The van der Waals surface area contributed by atoms with Gasteiger partial charge >= 0.3 is 0 Å². The van der Waals surface area contributed by atoms with Crippen LogP contribution in [0.5, 0.6) is 0 Å². The van der Waals surface area contributed by atoms with Crippen molar-refractivity contribution in [3.8, 4) is 0 Å². The zero-order chi connectivity index (χ0) is 15.2. The Morgan fingerprint density at radius 2 is 2.19 bits per heavy atom. The number of nitrogens with one attached hydrogen (secondary N) is 1. The highest BCUT2D eigenvalue weighted by Gasteiger charge is 2.13. The van der Waals surface area contributed by atoms with Crippen LogP contribution in [0.1, 0.15) is 29.6 Å². The number of rotatable bonds is 7. The van der Waals surface area contributed by atoms with E-state index in [-0.39, 0.29) is 0 Å².